The normalized spacial score (nSPS) is 30.6. The van der Waals surface area contributed by atoms with Crippen LogP contribution in [0.3, 0.4) is 0 Å². The summed E-state index contributed by atoms with van der Waals surface area (Å²) in [6.45, 7) is 5.82. The second kappa shape index (κ2) is 7.06. The van der Waals surface area contributed by atoms with Crippen molar-refractivity contribution in [2.24, 2.45) is 17.8 Å². The lowest BCUT2D eigenvalue weighted by atomic mass is 9.88. The van der Waals surface area contributed by atoms with Gasteiger partial charge in [0.05, 0.1) is 6.04 Å². The fourth-order valence-electron chi connectivity index (χ4n) is 5.46. The Kier molecular flexibility index (Phi) is 4.81. The molecule has 3 fully saturated rings. The first-order chi connectivity index (χ1) is 12.1. The van der Waals surface area contributed by atoms with Gasteiger partial charge in [-0.1, -0.05) is 31.4 Å². The minimum atomic E-state index is -0.207. The summed E-state index contributed by atoms with van der Waals surface area (Å²) >= 11 is 0. The minimum absolute atomic E-state index is 0.0366. The van der Waals surface area contributed by atoms with Gasteiger partial charge in [0.2, 0.25) is 5.91 Å². The van der Waals surface area contributed by atoms with Gasteiger partial charge in [0.25, 0.3) is 0 Å². The highest BCUT2D eigenvalue weighted by Gasteiger charge is 2.48. The predicted octanol–water partition coefficient (Wildman–Crippen LogP) is 3.86. The van der Waals surface area contributed by atoms with E-state index in [1.807, 2.05) is 11.0 Å². The number of carbonyl (C=O) groups excluding carboxylic acids is 1. The van der Waals surface area contributed by atoms with Crippen molar-refractivity contribution in [3.8, 4) is 0 Å². The number of nitrogens with zero attached hydrogens (tertiary/aromatic N) is 2. The average molecular weight is 344 g/mol. The highest BCUT2D eigenvalue weighted by Crippen LogP contribution is 2.45. The smallest absolute Gasteiger partial charge is 0.219 e. The van der Waals surface area contributed by atoms with Crippen LogP contribution >= 0.6 is 0 Å². The van der Waals surface area contributed by atoms with Crippen LogP contribution in [0.4, 0.5) is 4.39 Å². The van der Waals surface area contributed by atoms with Gasteiger partial charge in [-0.05, 0) is 42.4 Å². The molecular formula is C21H29FN2O. The lowest BCUT2D eigenvalue weighted by Gasteiger charge is -2.31. The molecule has 1 aromatic rings. The summed E-state index contributed by atoms with van der Waals surface area (Å²) in [7, 11) is 0. The number of fused-ring (bicyclic) bond motifs is 1. The molecule has 0 aromatic heterocycles. The van der Waals surface area contributed by atoms with E-state index in [0.717, 1.165) is 31.1 Å². The minimum Gasteiger partial charge on any atom is -0.335 e. The summed E-state index contributed by atoms with van der Waals surface area (Å²) in [5.74, 6) is 1.73. The molecule has 0 unspecified atom stereocenters. The third-order valence-corrected chi connectivity index (χ3v) is 6.58. The summed E-state index contributed by atoms with van der Waals surface area (Å²) in [6, 6.07) is 6.89. The number of amides is 1. The summed E-state index contributed by atoms with van der Waals surface area (Å²) in [6.07, 6.45) is 6.92. The Balaban J connectivity index is 1.50. The molecule has 136 valence electrons. The number of rotatable bonds is 3. The van der Waals surface area contributed by atoms with Crippen LogP contribution in [0.25, 0.3) is 0 Å². The molecule has 4 heteroatoms. The average Bonchev–Trinajstić information content (AvgIpc) is 3.12. The fraction of sp³-hybridized carbons (Fsp3) is 0.667. The van der Waals surface area contributed by atoms with Crippen LogP contribution in [0.5, 0.6) is 0 Å². The SMILES string of the molecule is CC(=O)N1C[C@H]2CN(CC3CCCCC3)C[C@H]2[C@@H]1c1cccc(F)c1. The molecule has 1 aromatic carbocycles. The van der Waals surface area contributed by atoms with Gasteiger partial charge in [0.15, 0.2) is 0 Å². The maximum absolute atomic E-state index is 13.8. The van der Waals surface area contributed by atoms with Crippen molar-refractivity contribution in [1.29, 1.82) is 0 Å². The van der Waals surface area contributed by atoms with E-state index in [9.17, 15) is 9.18 Å². The van der Waals surface area contributed by atoms with Crippen LogP contribution in [0.2, 0.25) is 0 Å². The van der Waals surface area contributed by atoms with E-state index < -0.39 is 0 Å². The van der Waals surface area contributed by atoms with E-state index in [2.05, 4.69) is 4.90 Å². The highest BCUT2D eigenvalue weighted by molar-refractivity contribution is 5.74. The van der Waals surface area contributed by atoms with E-state index in [-0.39, 0.29) is 17.8 Å². The Morgan fingerprint density at radius 3 is 2.68 bits per heavy atom. The summed E-state index contributed by atoms with van der Waals surface area (Å²) in [4.78, 5) is 16.8. The molecule has 2 aliphatic heterocycles. The number of hydrogen-bond acceptors (Lipinski definition) is 2. The summed E-state index contributed by atoms with van der Waals surface area (Å²) < 4.78 is 13.8. The van der Waals surface area contributed by atoms with E-state index in [1.54, 1.807) is 19.1 Å². The van der Waals surface area contributed by atoms with Crippen molar-refractivity contribution in [2.75, 3.05) is 26.2 Å². The first kappa shape index (κ1) is 17.0. The predicted molar refractivity (Wildman–Crippen MR) is 96.5 cm³/mol. The highest BCUT2D eigenvalue weighted by atomic mass is 19.1. The number of hydrogen-bond donors (Lipinski definition) is 0. The molecular weight excluding hydrogens is 315 g/mol. The first-order valence-electron chi connectivity index (χ1n) is 9.87. The second-order valence-electron chi connectivity index (χ2n) is 8.32. The zero-order chi connectivity index (χ0) is 17.4. The van der Waals surface area contributed by atoms with Gasteiger partial charge < -0.3 is 9.80 Å². The maximum Gasteiger partial charge on any atom is 0.219 e. The van der Waals surface area contributed by atoms with Gasteiger partial charge in [-0.15, -0.1) is 0 Å². The number of halogens is 1. The van der Waals surface area contributed by atoms with Crippen molar-refractivity contribution in [3.63, 3.8) is 0 Å². The molecule has 0 N–H and O–H groups in total. The van der Waals surface area contributed by atoms with E-state index in [1.165, 1.54) is 44.7 Å². The molecule has 1 amide bonds. The zero-order valence-corrected chi connectivity index (χ0v) is 15.2. The van der Waals surface area contributed by atoms with Crippen LogP contribution < -0.4 is 0 Å². The molecule has 2 heterocycles. The third kappa shape index (κ3) is 3.46. The van der Waals surface area contributed by atoms with Crippen LogP contribution in [-0.2, 0) is 4.79 Å². The molecule has 3 aliphatic rings. The van der Waals surface area contributed by atoms with Gasteiger partial charge in [-0.3, -0.25) is 4.79 Å². The third-order valence-electron chi connectivity index (χ3n) is 6.58. The fourth-order valence-corrected chi connectivity index (χ4v) is 5.46. The lowest BCUT2D eigenvalue weighted by molar-refractivity contribution is -0.130. The van der Waals surface area contributed by atoms with Crippen molar-refractivity contribution in [2.45, 2.75) is 45.1 Å². The first-order valence-corrected chi connectivity index (χ1v) is 9.87. The van der Waals surface area contributed by atoms with E-state index in [0.29, 0.717) is 11.8 Å². The standard InChI is InChI=1S/C21H29FN2O/c1-15(25)24-13-18-12-23(11-16-6-3-2-4-7-16)14-20(18)21(24)17-8-5-9-19(22)10-17/h5,8-10,16,18,20-21H,2-4,6-7,11-14H2,1H3/t18-,20-,21+/m1/s1. The molecule has 0 spiro atoms. The largest absolute Gasteiger partial charge is 0.335 e. The molecule has 25 heavy (non-hydrogen) atoms. The Bertz CT molecular complexity index is 628. The molecule has 0 radical (unpaired) electrons. The lowest BCUT2D eigenvalue weighted by Crippen LogP contribution is -2.36. The van der Waals surface area contributed by atoms with Crippen molar-refractivity contribution < 1.29 is 9.18 Å². The Morgan fingerprint density at radius 1 is 1.16 bits per heavy atom. The Labute approximate surface area is 150 Å². The van der Waals surface area contributed by atoms with Gasteiger partial charge in [0, 0.05) is 39.0 Å². The molecule has 2 saturated heterocycles. The van der Waals surface area contributed by atoms with Crippen molar-refractivity contribution in [3.05, 3.63) is 35.6 Å². The second-order valence-corrected chi connectivity index (χ2v) is 8.32. The van der Waals surface area contributed by atoms with Crippen LogP contribution in [0.15, 0.2) is 24.3 Å². The van der Waals surface area contributed by atoms with E-state index >= 15 is 0 Å². The van der Waals surface area contributed by atoms with Gasteiger partial charge >= 0.3 is 0 Å². The molecule has 1 saturated carbocycles. The van der Waals surface area contributed by atoms with Crippen LogP contribution in [0, 0.1) is 23.6 Å². The van der Waals surface area contributed by atoms with E-state index in [4.69, 9.17) is 0 Å². The monoisotopic (exact) mass is 344 g/mol. The molecule has 0 bridgehead atoms. The molecule has 3 nitrogen and oxygen atoms in total. The zero-order valence-electron chi connectivity index (χ0n) is 15.2. The summed E-state index contributed by atoms with van der Waals surface area (Å²) in [5, 5.41) is 0. The van der Waals surface area contributed by atoms with Crippen molar-refractivity contribution in [1.82, 2.24) is 9.80 Å². The molecule has 1 aliphatic carbocycles. The van der Waals surface area contributed by atoms with Crippen LogP contribution in [-0.4, -0.2) is 41.9 Å². The quantitative estimate of drug-likeness (QED) is 0.831. The van der Waals surface area contributed by atoms with Gasteiger partial charge in [-0.2, -0.15) is 0 Å². The Hall–Kier alpha value is -1.42. The Morgan fingerprint density at radius 2 is 1.96 bits per heavy atom. The number of carbonyl (C=O) groups is 1. The summed E-state index contributed by atoms with van der Waals surface area (Å²) in [5.41, 5.74) is 0.960. The van der Waals surface area contributed by atoms with Crippen molar-refractivity contribution >= 4 is 5.91 Å². The molecule has 3 atom stereocenters. The number of benzene rings is 1. The van der Waals surface area contributed by atoms with Gasteiger partial charge in [-0.25, -0.2) is 4.39 Å². The number of likely N-dealkylation sites (tertiary alicyclic amines) is 2. The van der Waals surface area contributed by atoms with Gasteiger partial charge in [0.1, 0.15) is 5.82 Å². The topological polar surface area (TPSA) is 23.6 Å². The van der Waals surface area contributed by atoms with Crippen LogP contribution in [0.1, 0.15) is 50.6 Å². The molecule has 4 rings (SSSR count). The maximum atomic E-state index is 13.8.